The molecule has 0 amide bonds. The largest absolute Gasteiger partial charge is 0.309 e. The first kappa shape index (κ1) is 26.8. The van der Waals surface area contributed by atoms with E-state index in [1.54, 1.807) is 0 Å². The van der Waals surface area contributed by atoms with E-state index in [9.17, 15) is 0 Å². The van der Waals surface area contributed by atoms with Gasteiger partial charge < -0.3 is 9.13 Å². The number of hydrogen-bond donors (Lipinski definition) is 0. The molecule has 0 radical (unpaired) electrons. The van der Waals surface area contributed by atoms with Crippen LogP contribution in [0.15, 0.2) is 182 Å². The summed E-state index contributed by atoms with van der Waals surface area (Å²) in [6, 6.07) is 66.3. The molecule has 0 aliphatic heterocycles. The van der Waals surface area contributed by atoms with E-state index in [1.807, 2.05) is 0 Å². The Bertz CT molecular complexity index is 2820. The molecule has 224 valence electrons. The van der Waals surface area contributed by atoms with Crippen LogP contribution in [0.2, 0.25) is 0 Å². The zero-order chi connectivity index (χ0) is 31.6. The SMILES string of the molecule is c1ccc(-n2c3ccc(-c4ccc5ccccc5c4)cc3c3cc(-c4ccc5c6ccccc6n(-c6ccccc6)c5c4)ccc32)cc1. The van der Waals surface area contributed by atoms with E-state index in [0.717, 1.165) is 5.69 Å². The molecule has 48 heavy (non-hydrogen) atoms. The molecule has 2 aromatic heterocycles. The van der Waals surface area contributed by atoms with Gasteiger partial charge in [0, 0.05) is 32.9 Å². The van der Waals surface area contributed by atoms with Crippen LogP contribution in [0.3, 0.4) is 0 Å². The van der Waals surface area contributed by atoms with E-state index in [1.165, 1.54) is 82.3 Å². The van der Waals surface area contributed by atoms with Crippen molar-refractivity contribution in [2.75, 3.05) is 0 Å². The van der Waals surface area contributed by atoms with Gasteiger partial charge in [-0.15, -0.1) is 0 Å². The van der Waals surface area contributed by atoms with Gasteiger partial charge in [-0.25, -0.2) is 0 Å². The summed E-state index contributed by atoms with van der Waals surface area (Å²) in [4.78, 5) is 0. The molecule has 0 aliphatic carbocycles. The first-order chi connectivity index (χ1) is 23.8. The van der Waals surface area contributed by atoms with Crippen LogP contribution in [0.25, 0.3) is 88.0 Å². The van der Waals surface area contributed by atoms with Crippen molar-refractivity contribution in [3.8, 4) is 33.6 Å². The molecule has 0 saturated heterocycles. The van der Waals surface area contributed by atoms with Crippen molar-refractivity contribution in [1.29, 1.82) is 0 Å². The Morgan fingerprint density at radius 1 is 0.250 bits per heavy atom. The molecule has 0 N–H and O–H groups in total. The van der Waals surface area contributed by atoms with Crippen LogP contribution in [-0.2, 0) is 0 Å². The molecular weight excluding hydrogens is 581 g/mol. The first-order valence-electron chi connectivity index (χ1n) is 16.5. The van der Waals surface area contributed by atoms with E-state index >= 15 is 0 Å². The van der Waals surface area contributed by atoms with Crippen LogP contribution in [-0.4, -0.2) is 9.13 Å². The Morgan fingerprint density at radius 2 is 0.708 bits per heavy atom. The van der Waals surface area contributed by atoms with Crippen molar-refractivity contribution in [2.24, 2.45) is 0 Å². The minimum atomic E-state index is 1.16. The molecule has 0 saturated carbocycles. The number of nitrogens with zero attached hydrogens (tertiary/aromatic N) is 2. The van der Waals surface area contributed by atoms with Crippen molar-refractivity contribution >= 4 is 54.4 Å². The molecule has 2 heterocycles. The van der Waals surface area contributed by atoms with Gasteiger partial charge >= 0.3 is 0 Å². The van der Waals surface area contributed by atoms with Gasteiger partial charge in [0.2, 0.25) is 0 Å². The maximum atomic E-state index is 2.40. The zero-order valence-electron chi connectivity index (χ0n) is 26.2. The number of aromatic nitrogens is 2. The molecule has 8 aromatic carbocycles. The maximum Gasteiger partial charge on any atom is 0.0547 e. The summed E-state index contributed by atoms with van der Waals surface area (Å²) in [6.07, 6.45) is 0. The highest BCUT2D eigenvalue weighted by atomic mass is 15.0. The normalized spacial score (nSPS) is 11.8. The molecule has 0 fully saturated rings. The molecule has 0 spiro atoms. The number of para-hydroxylation sites is 3. The van der Waals surface area contributed by atoms with Crippen molar-refractivity contribution in [2.45, 2.75) is 0 Å². The lowest BCUT2D eigenvalue weighted by Crippen LogP contribution is -1.93. The van der Waals surface area contributed by atoms with Gasteiger partial charge in [0.25, 0.3) is 0 Å². The fraction of sp³-hybridized carbons (Fsp3) is 0. The molecule has 0 atom stereocenters. The molecule has 0 unspecified atom stereocenters. The van der Waals surface area contributed by atoms with Crippen LogP contribution in [0.1, 0.15) is 0 Å². The van der Waals surface area contributed by atoms with E-state index in [2.05, 4.69) is 191 Å². The van der Waals surface area contributed by atoms with Gasteiger partial charge in [0.05, 0.1) is 22.1 Å². The summed E-state index contributed by atoms with van der Waals surface area (Å²) in [7, 11) is 0. The van der Waals surface area contributed by atoms with Crippen molar-refractivity contribution in [3.63, 3.8) is 0 Å². The third-order valence-corrected chi connectivity index (χ3v) is 9.88. The van der Waals surface area contributed by atoms with Gasteiger partial charge in [-0.2, -0.15) is 0 Å². The highest BCUT2D eigenvalue weighted by molar-refractivity contribution is 6.13. The van der Waals surface area contributed by atoms with Gasteiger partial charge in [-0.3, -0.25) is 0 Å². The monoisotopic (exact) mass is 610 g/mol. The zero-order valence-corrected chi connectivity index (χ0v) is 26.2. The molecule has 10 aromatic rings. The summed E-state index contributed by atoms with van der Waals surface area (Å²) < 4.78 is 4.79. The summed E-state index contributed by atoms with van der Waals surface area (Å²) in [6.45, 7) is 0. The average molecular weight is 611 g/mol. The number of hydrogen-bond acceptors (Lipinski definition) is 0. The lowest BCUT2D eigenvalue weighted by atomic mass is 9.98. The Kier molecular flexibility index (Phi) is 5.91. The molecule has 2 heteroatoms. The van der Waals surface area contributed by atoms with Gasteiger partial charge in [0.1, 0.15) is 0 Å². The fourth-order valence-corrected chi connectivity index (χ4v) is 7.61. The van der Waals surface area contributed by atoms with Crippen LogP contribution >= 0.6 is 0 Å². The molecule has 0 bridgehead atoms. The minimum Gasteiger partial charge on any atom is -0.309 e. The van der Waals surface area contributed by atoms with Gasteiger partial charge in [-0.1, -0.05) is 115 Å². The van der Waals surface area contributed by atoms with Crippen LogP contribution in [0.4, 0.5) is 0 Å². The van der Waals surface area contributed by atoms with Crippen molar-refractivity contribution in [1.82, 2.24) is 9.13 Å². The molecule has 10 rings (SSSR count). The lowest BCUT2D eigenvalue weighted by molar-refractivity contribution is 1.18. The number of rotatable bonds is 4. The molecular formula is C46H30N2. The first-order valence-corrected chi connectivity index (χ1v) is 16.5. The van der Waals surface area contributed by atoms with Crippen molar-refractivity contribution in [3.05, 3.63) is 182 Å². The third-order valence-electron chi connectivity index (χ3n) is 9.88. The van der Waals surface area contributed by atoms with Crippen molar-refractivity contribution < 1.29 is 0 Å². The van der Waals surface area contributed by atoms with Gasteiger partial charge in [-0.05, 0) is 99.8 Å². The smallest absolute Gasteiger partial charge is 0.0547 e. The second-order valence-corrected chi connectivity index (χ2v) is 12.6. The summed E-state index contributed by atoms with van der Waals surface area (Å²) in [5, 5.41) is 7.55. The topological polar surface area (TPSA) is 9.86 Å². The lowest BCUT2D eigenvalue weighted by Gasteiger charge is -2.10. The second-order valence-electron chi connectivity index (χ2n) is 12.6. The standard InChI is InChI=1S/C46H30N2/c1-3-13-37(14-4-1)47-44-25-22-34(33-20-19-31-11-7-8-12-32(31)27-33)28-41(44)42-29-35(23-26-45(42)47)36-21-24-40-39-17-9-10-18-43(39)48(46(40)30-36)38-15-5-2-6-16-38/h1-30H. The average Bonchev–Trinajstić information content (AvgIpc) is 3.67. The quantitative estimate of drug-likeness (QED) is 0.188. The Labute approximate surface area is 278 Å². The van der Waals surface area contributed by atoms with E-state index < -0.39 is 0 Å². The number of benzene rings is 8. The van der Waals surface area contributed by atoms with Crippen LogP contribution in [0.5, 0.6) is 0 Å². The van der Waals surface area contributed by atoms with E-state index in [-0.39, 0.29) is 0 Å². The Hall–Kier alpha value is -6.38. The maximum absolute atomic E-state index is 2.40. The highest BCUT2D eigenvalue weighted by Crippen LogP contribution is 2.39. The van der Waals surface area contributed by atoms with Crippen LogP contribution < -0.4 is 0 Å². The van der Waals surface area contributed by atoms with E-state index in [4.69, 9.17) is 0 Å². The third kappa shape index (κ3) is 4.13. The van der Waals surface area contributed by atoms with Crippen LogP contribution in [0, 0.1) is 0 Å². The Morgan fingerprint density at radius 3 is 1.40 bits per heavy atom. The summed E-state index contributed by atoms with van der Waals surface area (Å²) in [5.74, 6) is 0. The molecule has 2 nitrogen and oxygen atoms in total. The number of fused-ring (bicyclic) bond motifs is 7. The summed E-state index contributed by atoms with van der Waals surface area (Å²) in [5.41, 5.74) is 12.0. The fourth-order valence-electron chi connectivity index (χ4n) is 7.61. The molecule has 0 aliphatic rings. The Balaban J connectivity index is 1.20. The predicted molar refractivity (Wildman–Crippen MR) is 203 cm³/mol. The predicted octanol–water partition coefficient (Wildman–Crippen LogP) is 12.4. The summed E-state index contributed by atoms with van der Waals surface area (Å²) >= 11 is 0. The second kappa shape index (κ2) is 10.6. The highest BCUT2D eigenvalue weighted by Gasteiger charge is 2.17. The van der Waals surface area contributed by atoms with Gasteiger partial charge in [0.15, 0.2) is 0 Å². The van der Waals surface area contributed by atoms with E-state index in [0.29, 0.717) is 0 Å². The minimum absolute atomic E-state index is 1.16.